The predicted octanol–water partition coefficient (Wildman–Crippen LogP) is 2.86. The molecule has 106 valence electrons. The Morgan fingerprint density at radius 2 is 1.90 bits per heavy atom. The van der Waals surface area contributed by atoms with Crippen LogP contribution in [-0.4, -0.2) is 11.3 Å². The van der Waals surface area contributed by atoms with Crippen LogP contribution in [0.25, 0.3) is 0 Å². The van der Waals surface area contributed by atoms with E-state index in [2.05, 4.69) is 0 Å². The molecule has 2 aromatic carbocycles. The Hall–Kier alpha value is -1.95. The lowest BCUT2D eigenvalue weighted by molar-refractivity contribution is 0.411. The fraction of sp³-hybridized carbons (Fsp3) is 0.143. The van der Waals surface area contributed by atoms with E-state index in [-0.39, 0.29) is 10.6 Å². The zero-order chi connectivity index (χ0) is 14.7. The van der Waals surface area contributed by atoms with Crippen LogP contribution in [0.3, 0.4) is 0 Å². The van der Waals surface area contributed by atoms with Crippen LogP contribution >= 0.6 is 0 Å². The number of halogens is 2. The van der Waals surface area contributed by atoms with E-state index < -0.39 is 22.4 Å². The van der Waals surface area contributed by atoms with E-state index in [1.165, 1.54) is 13.2 Å². The molecule has 2 rings (SSSR count). The van der Waals surface area contributed by atoms with Crippen LogP contribution in [0.4, 0.5) is 14.5 Å². The topological polar surface area (TPSA) is 52.3 Å². The molecule has 0 radical (unpaired) electrons. The maximum atomic E-state index is 13.1. The van der Waals surface area contributed by atoms with Crippen molar-refractivity contribution in [1.82, 2.24) is 0 Å². The molecule has 0 heterocycles. The Morgan fingerprint density at radius 1 is 1.15 bits per heavy atom. The molecule has 1 unspecified atom stereocenters. The molecule has 0 amide bonds. The molecule has 0 saturated heterocycles. The molecule has 0 aromatic heterocycles. The molecule has 3 nitrogen and oxygen atoms in total. The van der Waals surface area contributed by atoms with Gasteiger partial charge in [0.05, 0.1) is 23.7 Å². The molecule has 0 spiro atoms. The van der Waals surface area contributed by atoms with E-state index in [0.29, 0.717) is 17.0 Å². The van der Waals surface area contributed by atoms with Gasteiger partial charge in [0.25, 0.3) is 0 Å². The number of hydrogen-bond donors (Lipinski definition) is 1. The predicted molar refractivity (Wildman–Crippen MR) is 73.9 cm³/mol. The highest BCUT2D eigenvalue weighted by Crippen LogP contribution is 2.24. The second-order valence-corrected chi connectivity index (χ2v) is 5.59. The summed E-state index contributed by atoms with van der Waals surface area (Å²) in [6, 6.07) is 8.19. The van der Waals surface area contributed by atoms with Gasteiger partial charge in [0.15, 0.2) is 11.6 Å². The third kappa shape index (κ3) is 3.14. The lowest BCUT2D eigenvalue weighted by Gasteiger charge is -2.09. The smallest absolute Gasteiger partial charge is 0.160 e. The minimum Gasteiger partial charge on any atom is -0.496 e. The van der Waals surface area contributed by atoms with Crippen molar-refractivity contribution in [2.75, 3.05) is 12.8 Å². The quantitative estimate of drug-likeness (QED) is 0.883. The Bertz CT molecular complexity index is 662. The van der Waals surface area contributed by atoms with Crippen LogP contribution in [0.1, 0.15) is 5.56 Å². The van der Waals surface area contributed by atoms with Gasteiger partial charge in [-0.2, -0.15) is 0 Å². The molecule has 0 fully saturated rings. The maximum Gasteiger partial charge on any atom is 0.160 e. The van der Waals surface area contributed by atoms with Gasteiger partial charge in [0, 0.05) is 22.2 Å². The Morgan fingerprint density at radius 3 is 2.55 bits per heavy atom. The summed E-state index contributed by atoms with van der Waals surface area (Å²) in [4.78, 5) is 0.225. The van der Waals surface area contributed by atoms with Crippen LogP contribution < -0.4 is 10.5 Å². The van der Waals surface area contributed by atoms with E-state index in [0.717, 1.165) is 12.1 Å². The van der Waals surface area contributed by atoms with Crippen molar-refractivity contribution in [1.29, 1.82) is 0 Å². The molecule has 0 aliphatic carbocycles. The molecule has 0 saturated carbocycles. The third-order valence-electron chi connectivity index (χ3n) is 2.75. The second-order valence-electron chi connectivity index (χ2n) is 4.14. The van der Waals surface area contributed by atoms with Gasteiger partial charge in [-0.05, 0) is 24.3 Å². The largest absolute Gasteiger partial charge is 0.496 e. The van der Waals surface area contributed by atoms with Gasteiger partial charge in [0.2, 0.25) is 0 Å². The molecule has 6 heteroatoms. The lowest BCUT2D eigenvalue weighted by atomic mass is 10.2. The molecule has 20 heavy (non-hydrogen) atoms. The van der Waals surface area contributed by atoms with Crippen molar-refractivity contribution in [2.45, 2.75) is 10.6 Å². The molecular formula is C14H13F2NO2S. The van der Waals surface area contributed by atoms with Crippen molar-refractivity contribution in [3.63, 3.8) is 0 Å². The zero-order valence-corrected chi connectivity index (χ0v) is 11.5. The highest BCUT2D eigenvalue weighted by molar-refractivity contribution is 7.84. The first kappa shape index (κ1) is 14.5. The van der Waals surface area contributed by atoms with Crippen LogP contribution in [0.5, 0.6) is 5.75 Å². The summed E-state index contributed by atoms with van der Waals surface area (Å²) < 4.78 is 43.3. The third-order valence-corrected chi connectivity index (χ3v) is 4.10. The number of methoxy groups -OCH3 is 1. The molecular weight excluding hydrogens is 284 g/mol. The van der Waals surface area contributed by atoms with Crippen LogP contribution in [0.15, 0.2) is 41.3 Å². The summed E-state index contributed by atoms with van der Waals surface area (Å²) in [5, 5.41) is 0. The minimum atomic E-state index is -1.50. The Balaban J connectivity index is 2.25. The number of anilines is 1. The standard InChI is InChI=1S/C14H13F2NO2S/c1-19-14-6-10(17)3-2-9(14)8-20(18)11-4-5-12(15)13(16)7-11/h2-7H,8,17H2,1H3. The number of nitrogens with two attached hydrogens (primary N) is 1. The highest BCUT2D eigenvalue weighted by atomic mass is 32.2. The van der Waals surface area contributed by atoms with Gasteiger partial charge in [-0.25, -0.2) is 8.78 Å². The Labute approximate surface area is 117 Å². The molecule has 1 atom stereocenters. The average molecular weight is 297 g/mol. The summed E-state index contributed by atoms with van der Waals surface area (Å²) in [5.41, 5.74) is 6.85. The van der Waals surface area contributed by atoms with Crippen molar-refractivity contribution < 1.29 is 17.7 Å². The lowest BCUT2D eigenvalue weighted by Crippen LogP contribution is -2.01. The van der Waals surface area contributed by atoms with Gasteiger partial charge in [0.1, 0.15) is 5.75 Å². The fourth-order valence-electron chi connectivity index (χ4n) is 1.72. The van der Waals surface area contributed by atoms with Gasteiger partial charge < -0.3 is 10.5 Å². The SMILES string of the molecule is COc1cc(N)ccc1CS(=O)c1ccc(F)c(F)c1. The number of rotatable bonds is 4. The molecule has 2 aromatic rings. The zero-order valence-electron chi connectivity index (χ0n) is 10.7. The van der Waals surface area contributed by atoms with Crippen LogP contribution in [-0.2, 0) is 16.6 Å². The number of hydrogen-bond acceptors (Lipinski definition) is 3. The van der Waals surface area contributed by atoms with Gasteiger partial charge in [-0.15, -0.1) is 0 Å². The second kappa shape index (κ2) is 6.00. The van der Waals surface area contributed by atoms with E-state index in [9.17, 15) is 13.0 Å². The van der Waals surface area contributed by atoms with Crippen molar-refractivity contribution >= 4 is 16.5 Å². The van der Waals surface area contributed by atoms with E-state index in [1.54, 1.807) is 18.2 Å². The first-order valence-electron chi connectivity index (χ1n) is 5.77. The molecule has 0 bridgehead atoms. The van der Waals surface area contributed by atoms with Crippen molar-refractivity contribution in [3.05, 3.63) is 53.6 Å². The molecule has 0 aliphatic heterocycles. The summed E-state index contributed by atoms with van der Waals surface area (Å²) in [6.07, 6.45) is 0. The summed E-state index contributed by atoms with van der Waals surface area (Å²) in [6.45, 7) is 0. The van der Waals surface area contributed by atoms with Gasteiger partial charge >= 0.3 is 0 Å². The summed E-state index contributed by atoms with van der Waals surface area (Å²) in [5.74, 6) is -1.33. The first-order valence-corrected chi connectivity index (χ1v) is 7.09. The molecule has 0 aliphatic rings. The van der Waals surface area contributed by atoms with Gasteiger partial charge in [-0.3, -0.25) is 4.21 Å². The molecule has 2 N–H and O–H groups in total. The van der Waals surface area contributed by atoms with Crippen molar-refractivity contribution in [2.24, 2.45) is 0 Å². The van der Waals surface area contributed by atoms with Crippen LogP contribution in [0, 0.1) is 11.6 Å². The normalized spacial score (nSPS) is 12.2. The first-order chi connectivity index (χ1) is 9.51. The Kier molecular flexibility index (Phi) is 4.34. The monoisotopic (exact) mass is 297 g/mol. The number of benzene rings is 2. The maximum absolute atomic E-state index is 13.1. The highest BCUT2D eigenvalue weighted by Gasteiger charge is 2.12. The minimum absolute atomic E-state index is 0.133. The van der Waals surface area contributed by atoms with Crippen molar-refractivity contribution in [3.8, 4) is 5.75 Å². The van der Waals surface area contributed by atoms with E-state index in [1.807, 2.05) is 0 Å². The average Bonchev–Trinajstić information content (AvgIpc) is 2.43. The number of ether oxygens (including phenoxy) is 1. The van der Waals surface area contributed by atoms with Crippen LogP contribution in [0.2, 0.25) is 0 Å². The summed E-state index contributed by atoms with van der Waals surface area (Å²) >= 11 is 0. The summed E-state index contributed by atoms with van der Waals surface area (Å²) in [7, 11) is -0.0140. The van der Waals surface area contributed by atoms with E-state index >= 15 is 0 Å². The van der Waals surface area contributed by atoms with E-state index in [4.69, 9.17) is 10.5 Å². The fourth-order valence-corrected chi connectivity index (χ4v) is 2.87. The van der Waals surface area contributed by atoms with Gasteiger partial charge in [-0.1, -0.05) is 6.07 Å². The number of nitrogen functional groups attached to an aromatic ring is 1.